The van der Waals surface area contributed by atoms with E-state index < -0.39 is 37.3 Å². The van der Waals surface area contributed by atoms with Crippen LogP contribution in [0.4, 0.5) is 0 Å². The molecule has 0 saturated heterocycles. The second-order valence-corrected chi connectivity index (χ2v) is 4.40. The minimum atomic E-state index is -1.61. The summed E-state index contributed by atoms with van der Waals surface area (Å²) in [5.41, 5.74) is -1.55. The summed E-state index contributed by atoms with van der Waals surface area (Å²) in [6.07, 6.45) is -0.909. The summed E-state index contributed by atoms with van der Waals surface area (Å²) in [7, 11) is 0. The molecule has 1 unspecified atom stereocenters. The van der Waals surface area contributed by atoms with Crippen LogP contribution in [0.1, 0.15) is 27.7 Å². The average molecular weight is 310 g/mol. The van der Waals surface area contributed by atoms with Crippen molar-refractivity contribution in [1.82, 2.24) is 0 Å². The fourth-order valence-electron chi connectivity index (χ4n) is 2.44. The van der Waals surface area contributed by atoms with Gasteiger partial charge in [0.05, 0.1) is 19.8 Å². The van der Waals surface area contributed by atoms with Crippen molar-refractivity contribution in [3.63, 3.8) is 0 Å². The SMILES string of the molecule is CCOC(CO)C(OCC)(OCC)C(CO)(CO)OCC. The number of ether oxygens (including phenoxy) is 4. The first-order valence-corrected chi connectivity index (χ1v) is 7.43. The van der Waals surface area contributed by atoms with Crippen LogP contribution >= 0.6 is 0 Å². The maximum absolute atomic E-state index is 9.83. The van der Waals surface area contributed by atoms with E-state index in [0.29, 0.717) is 6.61 Å². The highest BCUT2D eigenvalue weighted by Crippen LogP contribution is 2.36. The van der Waals surface area contributed by atoms with Crippen molar-refractivity contribution < 1.29 is 34.3 Å². The smallest absolute Gasteiger partial charge is 0.231 e. The van der Waals surface area contributed by atoms with Crippen molar-refractivity contribution in [3.05, 3.63) is 0 Å². The number of aliphatic hydroxyl groups is 3. The van der Waals surface area contributed by atoms with Gasteiger partial charge in [-0.05, 0) is 27.7 Å². The predicted molar refractivity (Wildman–Crippen MR) is 77.0 cm³/mol. The Morgan fingerprint density at radius 2 is 1.24 bits per heavy atom. The van der Waals surface area contributed by atoms with E-state index in [4.69, 9.17) is 18.9 Å². The molecule has 0 spiro atoms. The van der Waals surface area contributed by atoms with E-state index in [-0.39, 0.29) is 19.8 Å². The topological polar surface area (TPSA) is 97.6 Å². The van der Waals surface area contributed by atoms with E-state index in [1.54, 1.807) is 27.7 Å². The minimum absolute atomic E-state index is 0.229. The molecule has 0 bridgehead atoms. The molecule has 0 rings (SSSR count). The molecule has 3 N–H and O–H groups in total. The third kappa shape index (κ3) is 4.35. The Kier molecular flexibility index (Phi) is 10.3. The van der Waals surface area contributed by atoms with Crippen molar-refractivity contribution in [2.24, 2.45) is 0 Å². The van der Waals surface area contributed by atoms with Crippen LogP contribution in [0.15, 0.2) is 0 Å². The lowest BCUT2D eigenvalue weighted by atomic mass is 9.88. The molecule has 1 atom stereocenters. The molecule has 21 heavy (non-hydrogen) atoms. The maximum Gasteiger partial charge on any atom is 0.231 e. The van der Waals surface area contributed by atoms with Gasteiger partial charge in [0.1, 0.15) is 6.10 Å². The Bertz CT molecular complexity index is 250. The van der Waals surface area contributed by atoms with Gasteiger partial charge in [0.2, 0.25) is 5.79 Å². The summed E-state index contributed by atoms with van der Waals surface area (Å²) in [5.74, 6) is -1.61. The second kappa shape index (κ2) is 10.4. The molecule has 7 heteroatoms. The summed E-state index contributed by atoms with van der Waals surface area (Å²) >= 11 is 0. The van der Waals surface area contributed by atoms with Crippen LogP contribution in [-0.4, -0.2) is 79.1 Å². The molecule has 0 fully saturated rings. The molecule has 7 nitrogen and oxygen atoms in total. The molecule has 0 aromatic heterocycles. The molecular weight excluding hydrogens is 280 g/mol. The Labute approximate surface area is 126 Å². The second-order valence-electron chi connectivity index (χ2n) is 4.40. The van der Waals surface area contributed by atoms with Gasteiger partial charge in [-0.15, -0.1) is 0 Å². The van der Waals surface area contributed by atoms with Crippen LogP contribution < -0.4 is 0 Å². The molecule has 0 aliphatic heterocycles. The Balaban J connectivity index is 5.90. The van der Waals surface area contributed by atoms with E-state index in [2.05, 4.69) is 0 Å². The summed E-state index contributed by atoms with van der Waals surface area (Å²) in [6, 6.07) is 0. The number of hydrogen-bond acceptors (Lipinski definition) is 7. The fourth-order valence-corrected chi connectivity index (χ4v) is 2.44. The zero-order valence-corrected chi connectivity index (χ0v) is 13.5. The van der Waals surface area contributed by atoms with Gasteiger partial charge >= 0.3 is 0 Å². The van der Waals surface area contributed by atoms with E-state index in [1.807, 2.05) is 0 Å². The lowest BCUT2D eigenvalue weighted by Crippen LogP contribution is -2.70. The van der Waals surface area contributed by atoms with Crippen LogP contribution in [0.25, 0.3) is 0 Å². The van der Waals surface area contributed by atoms with Crippen LogP contribution in [0.3, 0.4) is 0 Å². The zero-order valence-electron chi connectivity index (χ0n) is 13.5. The van der Waals surface area contributed by atoms with Gasteiger partial charge in [0.25, 0.3) is 0 Å². The van der Waals surface area contributed by atoms with Crippen molar-refractivity contribution in [3.8, 4) is 0 Å². The lowest BCUT2D eigenvalue weighted by Gasteiger charge is -2.50. The largest absolute Gasteiger partial charge is 0.393 e. The van der Waals surface area contributed by atoms with E-state index in [9.17, 15) is 15.3 Å². The minimum Gasteiger partial charge on any atom is -0.393 e. The highest BCUT2D eigenvalue weighted by molar-refractivity contribution is 5.02. The van der Waals surface area contributed by atoms with E-state index in [1.165, 1.54) is 0 Å². The van der Waals surface area contributed by atoms with Gasteiger partial charge in [-0.1, -0.05) is 0 Å². The average Bonchev–Trinajstić information content (AvgIpc) is 2.50. The summed E-state index contributed by atoms with van der Waals surface area (Å²) in [5, 5.41) is 29.3. The monoisotopic (exact) mass is 310 g/mol. The van der Waals surface area contributed by atoms with Gasteiger partial charge < -0.3 is 34.3 Å². The quantitative estimate of drug-likeness (QED) is 0.409. The first-order valence-electron chi connectivity index (χ1n) is 7.43. The lowest BCUT2D eigenvalue weighted by molar-refractivity contribution is -0.380. The molecular formula is C14H30O7. The van der Waals surface area contributed by atoms with Crippen LogP contribution in [0.5, 0.6) is 0 Å². The van der Waals surface area contributed by atoms with Gasteiger partial charge in [-0.3, -0.25) is 0 Å². The Morgan fingerprint density at radius 3 is 1.52 bits per heavy atom. The van der Waals surface area contributed by atoms with E-state index in [0.717, 1.165) is 0 Å². The van der Waals surface area contributed by atoms with Crippen LogP contribution in [0.2, 0.25) is 0 Å². The highest BCUT2D eigenvalue weighted by Gasteiger charge is 2.59. The third-order valence-corrected chi connectivity index (χ3v) is 3.24. The summed E-state index contributed by atoms with van der Waals surface area (Å²) in [6.45, 7) is 6.53. The Hall–Kier alpha value is -0.280. The molecule has 128 valence electrons. The predicted octanol–water partition coefficient (Wildman–Crippen LogP) is -0.0870. The summed E-state index contributed by atoms with van der Waals surface area (Å²) in [4.78, 5) is 0. The number of hydrogen-bond donors (Lipinski definition) is 3. The van der Waals surface area contributed by atoms with Crippen molar-refractivity contribution >= 4 is 0 Å². The molecule has 0 aromatic carbocycles. The van der Waals surface area contributed by atoms with E-state index >= 15 is 0 Å². The van der Waals surface area contributed by atoms with Crippen LogP contribution in [-0.2, 0) is 18.9 Å². The normalized spacial score (nSPS) is 14.4. The van der Waals surface area contributed by atoms with Gasteiger partial charge in [0, 0.05) is 26.4 Å². The fraction of sp³-hybridized carbons (Fsp3) is 1.00. The summed E-state index contributed by atoms with van der Waals surface area (Å²) < 4.78 is 22.5. The molecule has 0 amide bonds. The molecule has 0 aromatic rings. The zero-order chi connectivity index (χ0) is 16.4. The van der Waals surface area contributed by atoms with Crippen molar-refractivity contribution in [2.75, 3.05) is 46.2 Å². The van der Waals surface area contributed by atoms with Gasteiger partial charge in [-0.25, -0.2) is 0 Å². The third-order valence-electron chi connectivity index (χ3n) is 3.24. The molecule has 0 aliphatic rings. The van der Waals surface area contributed by atoms with Gasteiger partial charge in [-0.2, -0.15) is 0 Å². The highest BCUT2D eigenvalue weighted by atomic mass is 16.7. The molecule has 0 saturated carbocycles. The maximum atomic E-state index is 9.83. The molecule has 0 aliphatic carbocycles. The first-order chi connectivity index (χ1) is 10.1. The van der Waals surface area contributed by atoms with Crippen molar-refractivity contribution in [1.29, 1.82) is 0 Å². The Morgan fingerprint density at radius 1 is 0.762 bits per heavy atom. The first kappa shape index (κ1) is 20.7. The van der Waals surface area contributed by atoms with Crippen molar-refractivity contribution in [2.45, 2.75) is 45.2 Å². The number of rotatable bonds is 13. The number of aliphatic hydroxyl groups excluding tert-OH is 3. The molecule has 0 radical (unpaired) electrons. The molecule has 0 heterocycles. The van der Waals surface area contributed by atoms with Gasteiger partial charge in [0.15, 0.2) is 5.60 Å². The van der Waals surface area contributed by atoms with Crippen LogP contribution in [0, 0.1) is 0 Å². The standard InChI is InChI=1S/C14H30O7/c1-5-18-12(9-15)14(20-7-3,21-8-4)13(10-16,11-17)19-6-2/h12,15-17H,5-11H2,1-4H3.